The van der Waals surface area contributed by atoms with E-state index >= 15 is 0 Å². The lowest BCUT2D eigenvalue weighted by molar-refractivity contribution is 0.613. The summed E-state index contributed by atoms with van der Waals surface area (Å²) in [6, 6.07) is 49.9. The van der Waals surface area contributed by atoms with Gasteiger partial charge in [0.1, 0.15) is 16.7 Å². The molecule has 9 aromatic rings. The molecule has 9 rings (SSSR count). The van der Waals surface area contributed by atoms with Gasteiger partial charge in [0.25, 0.3) is 0 Å². The fraction of sp³-hybridized carbons (Fsp3) is 0. The summed E-state index contributed by atoms with van der Waals surface area (Å²) in [6.45, 7) is 0. The van der Waals surface area contributed by atoms with E-state index in [0.717, 1.165) is 38.5 Å². The minimum absolute atomic E-state index is 0.842. The van der Waals surface area contributed by atoms with Crippen molar-refractivity contribution in [2.45, 2.75) is 0 Å². The van der Waals surface area contributed by atoms with Gasteiger partial charge in [0.2, 0.25) is 0 Å². The molecule has 0 spiro atoms. The van der Waals surface area contributed by atoms with Gasteiger partial charge < -0.3 is 8.83 Å². The maximum Gasteiger partial charge on any atom is 0.139 e. The summed E-state index contributed by atoms with van der Waals surface area (Å²) < 4.78 is 11.7. The van der Waals surface area contributed by atoms with Crippen molar-refractivity contribution in [2.75, 3.05) is 0 Å². The first-order valence-corrected chi connectivity index (χ1v) is 14.2. The molecular weight excluding hydrogens is 512 g/mol. The molecule has 7 aromatic carbocycles. The SMILES string of the molecule is c1ccc(-c2c3ccccc3c(-c3ccc(-c4ccc5oc6cc7occc7cc6c5c4)cc3)c3ccccc23)cc1. The van der Waals surface area contributed by atoms with Crippen molar-refractivity contribution in [3.8, 4) is 33.4 Å². The Balaban J connectivity index is 1.21. The van der Waals surface area contributed by atoms with E-state index in [-0.39, 0.29) is 0 Å². The molecule has 0 aliphatic carbocycles. The average Bonchev–Trinajstić information content (AvgIpc) is 3.66. The second-order valence-corrected chi connectivity index (χ2v) is 10.9. The average molecular weight is 537 g/mol. The van der Waals surface area contributed by atoms with Crippen molar-refractivity contribution in [3.63, 3.8) is 0 Å². The van der Waals surface area contributed by atoms with Crippen LogP contribution in [0.4, 0.5) is 0 Å². The van der Waals surface area contributed by atoms with Gasteiger partial charge >= 0.3 is 0 Å². The first-order chi connectivity index (χ1) is 20.8. The molecular formula is C40H24O2. The van der Waals surface area contributed by atoms with E-state index in [0.29, 0.717) is 0 Å². The van der Waals surface area contributed by atoms with Crippen LogP contribution in [0.3, 0.4) is 0 Å². The van der Waals surface area contributed by atoms with Crippen molar-refractivity contribution in [2.24, 2.45) is 0 Å². The summed E-state index contributed by atoms with van der Waals surface area (Å²) in [5.41, 5.74) is 9.92. The van der Waals surface area contributed by atoms with Crippen LogP contribution >= 0.6 is 0 Å². The van der Waals surface area contributed by atoms with Crippen LogP contribution in [0.5, 0.6) is 0 Å². The molecule has 2 heteroatoms. The molecule has 0 radical (unpaired) electrons. The fourth-order valence-corrected chi connectivity index (χ4v) is 6.60. The van der Waals surface area contributed by atoms with Gasteiger partial charge in [0.15, 0.2) is 0 Å². The van der Waals surface area contributed by atoms with Crippen molar-refractivity contribution in [1.29, 1.82) is 0 Å². The van der Waals surface area contributed by atoms with Gasteiger partial charge in [0.05, 0.1) is 6.26 Å². The third-order valence-corrected chi connectivity index (χ3v) is 8.55. The van der Waals surface area contributed by atoms with Crippen LogP contribution in [0.1, 0.15) is 0 Å². The highest BCUT2D eigenvalue weighted by atomic mass is 16.3. The Morgan fingerprint density at radius 3 is 1.55 bits per heavy atom. The van der Waals surface area contributed by atoms with Gasteiger partial charge in [-0.25, -0.2) is 0 Å². The topological polar surface area (TPSA) is 26.3 Å². The van der Waals surface area contributed by atoms with E-state index < -0.39 is 0 Å². The second-order valence-electron chi connectivity index (χ2n) is 10.9. The minimum atomic E-state index is 0.842. The molecule has 42 heavy (non-hydrogen) atoms. The predicted octanol–water partition coefficient (Wildman–Crippen LogP) is 11.6. The van der Waals surface area contributed by atoms with Gasteiger partial charge in [0, 0.05) is 22.2 Å². The van der Waals surface area contributed by atoms with Crippen LogP contribution < -0.4 is 0 Å². The molecule has 0 aliphatic heterocycles. The summed E-state index contributed by atoms with van der Waals surface area (Å²) in [5.74, 6) is 0. The maximum atomic E-state index is 6.16. The predicted molar refractivity (Wildman–Crippen MR) is 175 cm³/mol. The first-order valence-electron chi connectivity index (χ1n) is 14.2. The molecule has 2 nitrogen and oxygen atoms in total. The Labute approximate surface area is 242 Å². The third-order valence-electron chi connectivity index (χ3n) is 8.55. The van der Waals surface area contributed by atoms with Crippen LogP contribution in [0, 0.1) is 0 Å². The Hall–Kier alpha value is -5.60. The zero-order valence-corrected chi connectivity index (χ0v) is 22.7. The molecule has 0 aliphatic rings. The highest BCUT2D eigenvalue weighted by Crippen LogP contribution is 2.44. The van der Waals surface area contributed by atoms with Crippen LogP contribution in [-0.4, -0.2) is 0 Å². The van der Waals surface area contributed by atoms with Gasteiger partial charge in [-0.2, -0.15) is 0 Å². The number of benzene rings is 7. The Morgan fingerprint density at radius 1 is 0.333 bits per heavy atom. The van der Waals surface area contributed by atoms with Crippen LogP contribution in [0.15, 0.2) is 155 Å². The van der Waals surface area contributed by atoms with Crippen LogP contribution in [0.25, 0.3) is 87.8 Å². The molecule has 0 unspecified atom stereocenters. The lowest BCUT2D eigenvalue weighted by atomic mass is 9.86. The molecule has 2 heterocycles. The third kappa shape index (κ3) is 3.45. The molecule has 0 saturated carbocycles. The van der Waals surface area contributed by atoms with Crippen molar-refractivity contribution < 1.29 is 8.83 Å². The molecule has 0 fully saturated rings. The van der Waals surface area contributed by atoms with Gasteiger partial charge in [-0.1, -0.05) is 109 Å². The highest BCUT2D eigenvalue weighted by Gasteiger charge is 2.17. The van der Waals surface area contributed by atoms with Crippen molar-refractivity contribution in [1.82, 2.24) is 0 Å². The van der Waals surface area contributed by atoms with Gasteiger partial charge in [-0.15, -0.1) is 0 Å². The molecule has 2 aromatic heterocycles. The molecule has 196 valence electrons. The van der Waals surface area contributed by atoms with E-state index in [4.69, 9.17) is 8.83 Å². The normalized spacial score (nSPS) is 11.8. The Kier molecular flexibility index (Phi) is 4.93. The van der Waals surface area contributed by atoms with Crippen LogP contribution in [0.2, 0.25) is 0 Å². The fourth-order valence-electron chi connectivity index (χ4n) is 6.60. The number of hydrogen-bond acceptors (Lipinski definition) is 2. The summed E-state index contributed by atoms with van der Waals surface area (Å²) in [5, 5.41) is 8.37. The van der Waals surface area contributed by atoms with Crippen molar-refractivity contribution in [3.05, 3.63) is 146 Å². The Bertz CT molecular complexity index is 2380. The van der Waals surface area contributed by atoms with Gasteiger partial charge in [-0.3, -0.25) is 0 Å². The quantitative estimate of drug-likeness (QED) is 0.210. The number of furan rings is 2. The number of rotatable bonds is 3. The van der Waals surface area contributed by atoms with Gasteiger partial charge in [-0.05, 0) is 79.2 Å². The standard InChI is InChI=1S/C40H24O2/c1-2-8-26(9-3-1)39-30-10-4-6-12-32(30)40(33-13-7-5-11-31(33)39)27-16-14-25(15-17-27)28-18-19-36-34(22-28)35-23-29-20-21-41-37(29)24-38(35)42-36/h1-24H. The molecule has 0 N–H and O–H groups in total. The lowest BCUT2D eigenvalue weighted by Crippen LogP contribution is -1.90. The van der Waals surface area contributed by atoms with E-state index in [1.54, 1.807) is 6.26 Å². The van der Waals surface area contributed by atoms with E-state index in [1.165, 1.54) is 49.4 Å². The summed E-state index contributed by atoms with van der Waals surface area (Å²) in [4.78, 5) is 0. The largest absolute Gasteiger partial charge is 0.464 e. The summed E-state index contributed by atoms with van der Waals surface area (Å²) in [6.07, 6.45) is 1.72. The second kappa shape index (κ2) is 8.95. The van der Waals surface area contributed by atoms with Crippen LogP contribution in [-0.2, 0) is 0 Å². The number of fused-ring (bicyclic) bond motifs is 6. The maximum absolute atomic E-state index is 6.16. The first kappa shape index (κ1) is 23.1. The van der Waals surface area contributed by atoms with E-state index in [1.807, 2.05) is 12.1 Å². The molecule has 0 bridgehead atoms. The molecule has 0 saturated heterocycles. The zero-order valence-electron chi connectivity index (χ0n) is 22.7. The lowest BCUT2D eigenvalue weighted by Gasteiger charge is -2.18. The van der Waals surface area contributed by atoms with E-state index in [9.17, 15) is 0 Å². The monoisotopic (exact) mass is 536 g/mol. The minimum Gasteiger partial charge on any atom is -0.464 e. The highest BCUT2D eigenvalue weighted by molar-refractivity contribution is 6.21. The molecule has 0 amide bonds. The summed E-state index contributed by atoms with van der Waals surface area (Å²) in [7, 11) is 0. The zero-order chi connectivity index (χ0) is 27.6. The molecule has 0 atom stereocenters. The van der Waals surface area contributed by atoms with Crippen molar-refractivity contribution >= 4 is 54.5 Å². The Morgan fingerprint density at radius 2 is 0.881 bits per heavy atom. The number of hydrogen-bond donors (Lipinski definition) is 0. The summed E-state index contributed by atoms with van der Waals surface area (Å²) >= 11 is 0. The van der Waals surface area contributed by atoms with E-state index in [2.05, 4.69) is 127 Å². The smallest absolute Gasteiger partial charge is 0.139 e.